The molecule has 16 atom stereocenters. The number of methoxy groups -OCH3 is 3. The van der Waals surface area contributed by atoms with Crippen molar-refractivity contribution >= 4 is 29.2 Å². The first kappa shape index (κ1) is 45.1. The summed E-state index contributed by atoms with van der Waals surface area (Å²) in [5.74, 6) is -15.5. The van der Waals surface area contributed by atoms with Gasteiger partial charge in [0.2, 0.25) is 5.79 Å². The zero-order chi connectivity index (χ0) is 55.2. The highest BCUT2D eigenvalue weighted by atomic mass is 16.6. The third-order valence-electron chi connectivity index (χ3n) is 14.4. The average molecular weight is 935 g/mol. The monoisotopic (exact) mass is 935 g/mol. The number of carbonyl (C=O) groups excluding carboxylic acids is 5. The molecular weight excluding hydrogens is 847 g/mol. The normalized spacial score (nSPS) is 44.6. The van der Waals surface area contributed by atoms with Crippen LogP contribution in [0.3, 0.4) is 0 Å². The number of cyclic esters (lactones) is 1. The van der Waals surface area contributed by atoms with Crippen molar-refractivity contribution < 1.29 is 72.6 Å². The molecular formula is C52H81NO13. The first-order chi connectivity index (χ1) is 33.7. The Morgan fingerprint density at radius 2 is 1.67 bits per heavy atom. The van der Waals surface area contributed by atoms with Gasteiger partial charge in [0.05, 0.1) is 28.5 Å². The maximum Gasteiger partial charge on any atom is 0.329 e. The van der Waals surface area contributed by atoms with Crippen LogP contribution in [0.5, 0.6) is 0 Å². The molecule has 66 heavy (non-hydrogen) atoms. The number of nitrogens with zero attached hydrogens (tertiary/aromatic N) is 1. The Morgan fingerprint density at radius 3 is 2.35 bits per heavy atom. The van der Waals surface area contributed by atoms with Crippen LogP contribution < -0.4 is 0 Å². The van der Waals surface area contributed by atoms with Crippen LogP contribution in [0.2, 0.25) is 0 Å². The highest BCUT2D eigenvalue weighted by molar-refractivity contribution is 6.39. The van der Waals surface area contributed by atoms with E-state index in [2.05, 4.69) is 0 Å². The minimum absolute atomic E-state index is 0.0163. The van der Waals surface area contributed by atoms with Crippen molar-refractivity contribution in [2.45, 2.75) is 181 Å². The number of hydrogen-bond donors (Lipinski definition) is 3. The van der Waals surface area contributed by atoms with Crippen LogP contribution >= 0.6 is 0 Å². The second-order valence-electron chi connectivity index (χ2n) is 19.1. The predicted molar refractivity (Wildman–Crippen MR) is 250 cm³/mol. The van der Waals surface area contributed by atoms with Gasteiger partial charge in [-0.15, -0.1) is 0 Å². The van der Waals surface area contributed by atoms with Gasteiger partial charge in [0.25, 0.3) is 11.7 Å². The van der Waals surface area contributed by atoms with Crippen molar-refractivity contribution in [2.24, 2.45) is 41.4 Å². The van der Waals surface area contributed by atoms with E-state index < -0.39 is 139 Å². The Balaban J connectivity index is 1.83. The lowest BCUT2D eigenvalue weighted by Gasteiger charge is -2.42. The molecule has 2 saturated heterocycles. The second kappa shape index (κ2) is 25.3. The van der Waals surface area contributed by atoms with Crippen LogP contribution in [0.1, 0.15) is 136 Å². The van der Waals surface area contributed by atoms with Crippen LogP contribution in [0.15, 0.2) is 47.6 Å². The lowest BCUT2D eigenvalue weighted by Crippen LogP contribution is -2.61. The van der Waals surface area contributed by atoms with E-state index in [4.69, 9.17) is 31.9 Å². The van der Waals surface area contributed by atoms with Crippen LogP contribution in [-0.4, -0.2) is 132 Å². The van der Waals surface area contributed by atoms with Gasteiger partial charge in [0, 0.05) is 63.9 Å². The molecule has 0 radical (unpaired) electrons. The Kier molecular flexibility index (Phi) is 17.3. The van der Waals surface area contributed by atoms with Crippen LogP contribution in [0, 0.1) is 41.4 Å². The number of carbonyl (C=O) groups is 5. The van der Waals surface area contributed by atoms with Crippen molar-refractivity contribution in [1.29, 1.82) is 0 Å². The molecule has 3 aliphatic heterocycles. The van der Waals surface area contributed by atoms with E-state index in [9.17, 15) is 40.7 Å². The molecule has 1 aliphatic carbocycles. The summed E-state index contributed by atoms with van der Waals surface area (Å²) in [4.78, 5) is 72.6. The number of allylic oxidation sites excluding steroid dienone is 6. The SMILES string of the molecule is [2H]C([2H])([2H])O[C@H]1C[C@@H]2CC([2H])([2H])[C@@H](C)[C@@](O)(O2)C(=O)C(=O)N2CCCC[C@H]2C(=O)O[C@H]([C@H](C)C[C@@H]2CC[C@@H](O)[C@H](OC)C2)CC(=O)[C@H](C)/C=C(\C)[C@@H](O)[C@@H](OC)C(=O)[C@H](C)C([2H])(C)[C@]([2H])(C)/C=C/C=CC=C1C. The van der Waals surface area contributed by atoms with E-state index in [1.165, 1.54) is 85.3 Å². The van der Waals surface area contributed by atoms with Gasteiger partial charge >= 0.3 is 5.97 Å². The third-order valence-corrected chi connectivity index (χ3v) is 14.4. The maximum atomic E-state index is 14.5. The van der Waals surface area contributed by atoms with Gasteiger partial charge in [-0.1, -0.05) is 78.0 Å². The molecule has 3 heterocycles. The van der Waals surface area contributed by atoms with E-state index in [-0.39, 0.29) is 37.3 Å². The number of amides is 1. The molecule has 4 rings (SSSR count). The molecule has 3 fully saturated rings. The summed E-state index contributed by atoms with van der Waals surface area (Å²) in [6, 6.07) is -1.35. The summed E-state index contributed by atoms with van der Waals surface area (Å²) in [6.45, 7) is 11.9. The Labute approximate surface area is 403 Å². The van der Waals surface area contributed by atoms with Crippen molar-refractivity contribution in [3.05, 3.63) is 47.6 Å². The fourth-order valence-electron chi connectivity index (χ4n) is 9.54. The molecule has 3 N–H and O–H groups in total. The minimum atomic E-state index is -3.07. The van der Waals surface area contributed by atoms with Crippen LogP contribution in [0.4, 0.5) is 0 Å². The largest absolute Gasteiger partial charge is 0.460 e. The van der Waals surface area contributed by atoms with E-state index in [0.29, 0.717) is 44.1 Å². The van der Waals surface area contributed by atoms with Crippen molar-refractivity contribution in [3.8, 4) is 0 Å². The zero-order valence-electron chi connectivity index (χ0n) is 47.6. The van der Waals surface area contributed by atoms with Gasteiger partial charge in [-0.25, -0.2) is 4.79 Å². The summed E-state index contributed by atoms with van der Waals surface area (Å²) in [5.41, 5.74) is 0.518. The number of ether oxygens (including phenoxy) is 5. The van der Waals surface area contributed by atoms with Gasteiger partial charge in [-0.2, -0.15) is 0 Å². The molecule has 0 aromatic heterocycles. The first-order valence-electron chi connectivity index (χ1n) is 27.1. The number of piperidine rings is 1. The Morgan fingerprint density at radius 1 is 0.939 bits per heavy atom. The molecule has 14 heteroatoms. The fraction of sp³-hybridized carbons (Fsp3) is 0.750. The third kappa shape index (κ3) is 13.9. The molecule has 4 aliphatic rings. The molecule has 1 amide bonds. The van der Waals surface area contributed by atoms with E-state index >= 15 is 0 Å². The standard InChI is InChI=1S/C52H81NO13/c1-30-17-13-12-14-18-31(2)43(62-9)28-39-22-20-35(6)52(61,66-39)49(58)50(59)53-24-16-15-19-40(53)51(60)65-44(33(4)26-38-21-23-41(54)45(27-38)63-10)29-42(55)32(3)25-34(5)46(56)48(64-11)47(57)37(8)36(30)7/h12-14,17-18,25,30,32-33,35-41,43-46,48,54,56,61H,15-16,19-24,26-29H2,1-11H3/b14-12?,17-13+,31-18?,34-25+/t30-,32-,33-,35-,36?,37-,38+,39+,40+,41-,43+,44+,45-,46-,48-,52-/m1/s1/i9D3,20D2,30D,36D. The zero-order valence-corrected chi connectivity index (χ0v) is 40.6. The minimum Gasteiger partial charge on any atom is -0.460 e. The summed E-state index contributed by atoms with van der Waals surface area (Å²) in [7, 11) is -0.217. The summed E-state index contributed by atoms with van der Waals surface area (Å²) >= 11 is 0. The van der Waals surface area contributed by atoms with E-state index in [1.54, 1.807) is 13.8 Å². The first-order valence-corrected chi connectivity index (χ1v) is 23.6. The lowest BCUT2D eigenvalue weighted by molar-refractivity contribution is -0.265. The van der Waals surface area contributed by atoms with Gasteiger partial charge in [-0.05, 0) is 106 Å². The topological polar surface area (TPSA) is 195 Å². The van der Waals surface area contributed by atoms with Gasteiger partial charge in [0.1, 0.15) is 30.1 Å². The van der Waals surface area contributed by atoms with Crippen molar-refractivity contribution in [2.75, 3.05) is 27.8 Å². The number of aliphatic hydroxyl groups excluding tert-OH is 2. The highest BCUT2D eigenvalue weighted by Crippen LogP contribution is 2.38. The number of hydrogen-bond acceptors (Lipinski definition) is 13. The molecule has 372 valence electrons. The van der Waals surface area contributed by atoms with E-state index in [0.717, 1.165) is 4.90 Å². The number of esters is 1. The van der Waals surface area contributed by atoms with Crippen molar-refractivity contribution in [1.82, 2.24) is 4.90 Å². The number of fused-ring (bicyclic) bond motifs is 3. The van der Waals surface area contributed by atoms with Crippen molar-refractivity contribution in [3.63, 3.8) is 0 Å². The number of rotatable bonds is 6. The smallest absolute Gasteiger partial charge is 0.329 e. The fourth-order valence-corrected chi connectivity index (χ4v) is 9.54. The summed E-state index contributed by atoms with van der Waals surface area (Å²) in [5, 5.41) is 34.2. The highest BCUT2D eigenvalue weighted by Gasteiger charge is 2.53. The molecule has 0 spiro atoms. The molecule has 0 aromatic rings. The maximum absolute atomic E-state index is 14.5. The average Bonchev–Trinajstić information content (AvgIpc) is 3.31. The lowest BCUT2D eigenvalue weighted by atomic mass is 9.78. The molecule has 1 unspecified atom stereocenters. The summed E-state index contributed by atoms with van der Waals surface area (Å²) in [6.07, 6.45) is 0.489. The van der Waals surface area contributed by atoms with Crippen LogP contribution in [0.25, 0.3) is 0 Å². The Hall–Kier alpha value is -3.37. The van der Waals surface area contributed by atoms with E-state index in [1.807, 2.05) is 6.92 Å². The number of ketones is 3. The quantitative estimate of drug-likeness (QED) is 0.150. The van der Waals surface area contributed by atoms with Crippen LogP contribution in [-0.2, 0) is 47.7 Å². The molecule has 14 nitrogen and oxygen atoms in total. The predicted octanol–water partition coefficient (Wildman–Crippen LogP) is 6.43. The second-order valence-corrected chi connectivity index (χ2v) is 19.1. The van der Waals surface area contributed by atoms with Gasteiger partial charge in [0.15, 0.2) is 5.78 Å². The molecule has 1 saturated carbocycles. The van der Waals surface area contributed by atoms with Gasteiger partial charge < -0.3 is 43.9 Å². The molecule has 2 bridgehead atoms. The number of Topliss-reactive ketones (excluding diaryl/α,β-unsaturated/α-hetero) is 3. The summed E-state index contributed by atoms with van der Waals surface area (Å²) < 4.78 is 88.6. The Bertz CT molecular complexity index is 2090. The number of aliphatic hydroxyl groups is 3. The molecule has 0 aromatic carbocycles. The van der Waals surface area contributed by atoms with Gasteiger partial charge in [-0.3, -0.25) is 19.2 Å².